The third-order valence-corrected chi connectivity index (χ3v) is 3.15. The number of carbonyl (C=O) groups excluding carboxylic acids is 2. The molecule has 6 nitrogen and oxygen atoms in total. The average molecular weight is 290 g/mol. The van der Waals surface area contributed by atoms with Gasteiger partial charge in [0, 0.05) is 34.4 Å². The van der Waals surface area contributed by atoms with Gasteiger partial charge in [-0.2, -0.15) is 0 Å². The molecule has 0 bridgehead atoms. The smallest absolute Gasteiger partial charge is 0.331 e. The monoisotopic (exact) mass is 289 g/mol. The molecule has 1 aliphatic carbocycles. The summed E-state index contributed by atoms with van der Waals surface area (Å²) in [6.07, 6.45) is 1.02. The van der Waals surface area contributed by atoms with E-state index in [-0.39, 0.29) is 10.6 Å². The molecule has 1 aliphatic rings. The molecule has 0 N–H and O–H groups in total. The molecule has 0 atom stereocenters. The van der Waals surface area contributed by atoms with E-state index in [4.69, 9.17) is 21.1 Å². The first-order valence-corrected chi connectivity index (χ1v) is 5.76. The molecule has 0 aromatic rings. The minimum Gasteiger partial charge on any atom is -0.466 e. The standard InChI is InChI=1S/C12H16ClNO5/c1-14(2)11-9(13)10(16)7(6-8(15)17-3)12(11,18-4)19-5/h6H,1-5H3/b7-6+. The molecule has 0 fully saturated rings. The van der Waals surface area contributed by atoms with Crippen molar-refractivity contribution in [1.82, 2.24) is 4.90 Å². The molecule has 0 aromatic heterocycles. The quantitative estimate of drug-likeness (QED) is 0.431. The van der Waals surface area contributed by atoms with Gasteiger partial charge in [0.05, 0.1) is 12.7 Å². The second-order valence-corrected chi connectivity index (χ2v) is 4.37. The Morgan fingerprint density at radius 3 is 2.16 bits per heavy atom. The number of rotatable bonds is 4. The molecule has 0 heterocycles. The SMILES string of the molecule is COC(=O)/C=C1\C(=O)C(Cl)=C(N(C)C)C1(OC)OC. The van der Waals surface area contributed by atoms with Gasteiger partial charge in [0.1, 0.15) is 10.7 Å². The highest BCUT2D eigenvalue weighted by Gasteiger charge is 2.52. The Morgan fingerprint density at radius 1 is 1.26 bits per heavy atom. The van der Waals surface area contributed by atoms with Crippen molar-refractivity contribution in [2.75, 3.05) is 35.4 Å². The Bertz CT molecular complexity index is 463. The van der Waals surface area contributed by atoms with E-state index >= 15 is 0 Å². The van der Waals surface area contributed by atoms with Gasteiger partial charge < -0.3 is 19.1 Å². The number of esters is 1. The van der Waals surface area contributed by atoms with Crippen LogP contribution < -0.4 is 0 Å². The number of halogens is 1. The van der Waals surface area contributed by atoms with E-state index < -0.39 is 17.5 Å². The molecule has 106 valence electrons. The van der Waals surface area contributed by atoms with E-state index in [1.165, 1.54) is 21.3 Å². The second kappa shape index (κ2) is 5.73. The van der Waals surface area contributed by atoms with Gasteiger partial charge in [-0.1, -0.05) is 11.6 Å². The van der Waals surface area contributed by atoms with E-state index in [0.717, 1.165) is 6.08 Å². The van der Waals surface area contributed by atoms with Gasteiger partial charge in [-0.3, -0.25) is 4.79 Å². The van der Waals surface area contributed by atoms with Crippen molar-refractivity contribution < 1.29 is 23.8 Å². The van der Waals surface area contributed by atoms with E-state index in [1.807, 2.05) is 0 Å². The molecule has 0 aliphatic heterocycles. The Balaban J connectivity index is 3.49. The third kappa shape index (κ3) is 2.39. The lowest BCUT2D eigenvalue weighted by Gasteiger charge is -2.33. The number of likely N-dealkylation sites (N-methyl/N-ethyl adjacent to an activating group) is 1. The maximum absolute atomic E-state index is 12.2. The van der Waals surface area contributed by atoms with Gasteiger partial charge in [-0.15, -0.1) is 0 Å². The summed E-state index contributed by atoms with van der Waals surface area (Å²) in [5, 5.41) is -0.0520. The molecule has 0 amide bonds. The summed E-state index contributed by atoms with van der Waals surface area (Å²) in [4.78, 5) is 25.1. The zero-order valence-corrected chi connectivity index (χ0v) is 12.2. The predicted octanol–water partition coefficient (Wildman–Crippen LogP) is 0.670. The number of hydrogen-bond acceptors (Lipinski definition) is 6. The first-order valence-electron chi connectivity index (χ1n) is 5.38. The molecule has 19 heavy (non-hydrogen) atoms. The van der Waals surface area contributed by atoms with Crippen LogP contribution in [0.1, 0.15) is 0 Å². The normalized spacial score (nSPS) is 20.1. The van der Waals surface area contributed by atoms with Crippen molar-refractivity contribution in [2.45, 2.75) is 5.79 Å². The van der Waals surface area contributed by atoms with Gasteiger partial charge >= 0.3 is 5.97 Å². The number of allylic oxidation sites excluding steroid dienone is 1. The zero-order valence-electron chi connectivity index (χ0n) is 11.4. The largest absolute Gasteiger partial charge is 0.466 e. The van der Waals surface area contributed by atoms with Crippen LogP contribution in [-0.4, -0.2) is 57.9 Å². The van der Waals surface area contributed by atoms with Crippen LogP contribution in [0.2, 0.25) is 0 Å². The van der Waals surface area contributed by atoms with Gasteiger partial charge in [0.25, 0.3) is 0 Å². The highest BCUT2D eigenvalue weighted by atomic mass is 35.5. The maximum Gasteiger partial charge on any atom is 0.331 e. The fraction of sp³-hybridized carbons (Fsp3) is 0.500. The maximum atomic E-state index is 12.2. The van der Waals surface area contributed by atoms with Gasteiger partial charge in [-0.05, 0) is 0 Å². The minimum atomic E-state index is -1.51. The number of ketones is 1. The van der Waals surface area contributed by atoms with Crippen molar-refractivity contribution in [3.05, 3.63) is 22.4 Å². The van der Waals surface area contributed by atoms with Crippen LogP contribution in [0.3, 0.4) is 0 Å². The molecule has 0 unspecified atom stereocenters. The molecular weight excluding hydrogens is 274 g/mol. The van der Waals surface area contributed by atoms with E-state index in [2.05, 4.69) is 4.74 Å². The zero-order chi connectivity index (χ0) is 14.8. The minimum absolute atomic E-state index is 0.0157. The molecule has 0 radical (unpaired) electrons. The highest BCUT2D eigenvalue weighted by molar-refractivity contribution is 6.47. The second-order valence-electron chi connectivity index (χ2n) is 3.99. The first-order chi connectivity index (χ1) is 8.85. The molecular formula is C12H16ClNO5. The number of ether oxygens (including phenoxy) is 3. The summed E-state index contributed by atoms with van der Waals surface area (Å²) >= 11 is 6.02. The molecule has 0 saturated carbocycles. The van der Waals surface area contributed by atoms with Gasteiger partial charge in [0.2, 0.25) is 11.6 Å². The first kappa shape index (κ1) is 15.7. The summed E-state index contributed by atoms with van der Waals surface area (Å²) < 4.78 is 15.2. The number of hydrogen-bond donors (Lipinski definition) is 0. The van der Waals surface area contributed by atoms with Crippen LogP contribution in [0.4, 0.5) is 0 Å². The van der Waals surface area contributed by atoms with Crippen LogP contribution in [0.5, 0.6) is 0 Å². The summed E-state index contributed by atoms with van der Waals surface area (Å²) in [7, 11) is 7.32. The third-order valence-electron chi connectivity index (χ3n) is 2.80. The Morgan fingerprint density at radius 2 is 1.79 bits per heavy atom. The lowest BCUT2D eigenvalue weighted by atomic mass is 10.1. The summed E-state index contributed by atoms with van der Waals surface area (Å²) in [6, 6.07) is 0. The number of nitrogens with zero attached hydrogens (tertiary/aromatic N) is 1. The van der Waals surface area contributed by atoms with Crippen LogP contribution in [0, 0.1) is 0 Å². The number of methoxy groups -OCH3 is 3. The number of Topliss-reactive ketones (excluding diaryl/α,β-unsaturated/α-hetero) is 1. The van der Waals surface area contributed by atoms with Crippen molar-refractivity contribution in [2.24, 2.45) is 0 Å². The lowest BCUT2D eigenvalue weighted by molar-refractivity contribution is -0.161. The molecule has 1 rings (SSSR count). The fourth-order valence-electron chi connectivity index (χ4n) is 1.97. The van der Waals surface area contributed by atoms with E-state index in [0.29, 0.717) is 5.70 Å². The van der Waals surface area contributed by atoms with Gasteiger partial charge in [0.15, 0.2) is 0 Å². The van der Waals surface area contributed by atoms with Crippen LogP contribution >= 0.6 is 11.6 Å². The van der Waals surface area contributed by atoms with Crippen molar-refractivity contribution in [1.29, 1.82) is 0 Å². The summed E-state index contributed by atoms with van der Waals surface area (Å²) in [6.45, 7) is 0. The topological polar surface area (TPSA) is 65.1 Å². The molecule has 7 heteroatoms. The van der Waals surface area contributed by atoms with Crippen molar-refractivity contribution in [3.63, 3.8) is 0 Å². The van der Waals surface area contributed by atoms with Crippen LogP contribution in [-0.2, 0) is 23.8 Å². The van der Waals surface area contributed by atoms with E-state index in [1.54, 1.807) is 19.0 Å². The highest BCUT2D eigenvalue weighted by Crippen LogP contribution is 2.43. The molecule has 0 spiro atoms. The molecule has 0 saturated heterocycles. The predicted molar refractivity (Wildman–Crippen MR) is 68.4 cm³/mol. The Hall–Kier alpha value is -1.37. The van der Waals surface area contributed by atoms with Crippen molar-refractivity contribution in [3.8, 4) is 0 Å². The fourth-order valence-corrected chi connectivity index (χ4v) is 2.37. The van der Waals surface area contributed by atoms with Gasteiger partial charge in [-0.25, -0.2) is 4.79 Å². The number of carbonyl (C=O) groups is 2. The van der Waals surface area contributed by atoms with Crippen LogP contribution in [0.15, 0.2) is 22.4 Å². The molecule has 0 aromatic carbocycles. The summed E-state index contributed by atoms with van der Waals surface area (Å²) in [5.41, 5.74) is 0.317. The average Bonchev–Trinajstić information content (AvgIpc) is 2.60. The Labute approximate surface area is 116 Å². The van der Waals surface area contributed by atoms with E-state index in [9.17, 15) is 9.59 Å². The lowest BCUT2D eigenvalue weighted by Crippen LogP contribution is -2.41. The van der Waals surface area contributed by atoms with Crippen molar-refractivity contribution >= 4 is 23.4 Å². The van der Waals surface area contributed by atoms with Crippen LogP contribution in [0.25, 0.3) is 0 Å². The Kier molecular flexibility index (Phi) is 4.73. The summed E-state index contributed by atoms with van der Waals surface area (Å²) in [5.74, 6) is -2.72.